The van der Waals surface area contributed by atoms with Crippen molar-refractivity contribution in [1.82, 2.24) is 20.2 Å². The molecule has 1 atom stereocenters. The third-order valence-corrected chi connectivity index (χ3v) is 4.14. The average Bonchev–Trinajstić information content (AvgIpc) is 3.26. The van der Waals surface area contributed by atoms with Gasteiger partial charge in [-0.2, -0.15) is 4.80 Å². The second kappa shape index (κ2) is 7.31. The number of halogens is 1. The molecule has 0 spiro atoms. The van der Waals surface area contributed by atoms with Gasteiger partial charge in [-0.1, -0.05) is 6.07 Å². The molecule has 0 radical (unpaired) electrons. The summed E-state index contributed by atoms with van der Waals surface area (Å²) < 4.78 is 18.0. The SMILES string of the molecule is C[C@H](OC(=O)Cn1nnc(-c2cccs2)n1)C(=O)c1ccc(F)cc1. The number of carbonyl (C=O) groups excluding carboxylic acids is 2. The quantitative estimate of drug-likeness (QED) is 0.495. The van der Waals surface area contributed by atoms with Gasteiger partial charge in [0, 0.05) is 5.56 Å². The van der Waals surface area contributed by atoms with E-state index in [-0.39, 0.29) is 12.1 Å². The Morgan fingerprint density at radius 3 is 2.72 bits per heavy atom. The van der Waals surface area contributed by atoms with E-state index in [1.54, 1.807) is 0 Å². The Bertz CT molecular complexity index is 877. The van der Waals surface area contributed by atoms with E-state index in [1.807, 2.05) is 17.5 Å². The number of esters is 1. The van der Waals surface area contributed by atoms with Gasteiger partial charge in [0.05, 0.1) is 4.88 Å². The van der Waals surface area contributed by atoms with Crippen molar-refractivity contribution >= 4 is 23.1 Å². The molecule has 1 aromatic carbocycles. The largest absolute Gasteiger partial charge is 0.453 e. The molecule has 128 valence electrons. The summed E-state index contributed by atoms with van der Waals surface area (Å²) in [6.07, 6.45) is -1.00. The smallest absolute Gasteiger partial charge is 0.330 e. The Balaban J connectivity index is 1.58. The molecule has 9 heteroatoms. The van der Waals surface area contributed by atoms with E-state index in [9.17, 15) is 14.0 Å². The van der Waals surface area contributed by atoms with Gasteiger partial charge in [-0.15, -0.1) is 21.5 Å². The zero-order chi connectivity index (χ0) is 17.8. The Hall–Kier alpha value is -2.94. The van der Waals surface area contributed by atoms with Gasteiger partial charge in [0.25, 0.3) is 0 Å². The molecule has 2 heterocycles. The molecule has 0 unspecified atom stereocenters. The van der Waals surface area contributed by atoms with E-state index in [0.29, 0.717) is 5.82 Å². The molecular weight excluding hydrogens is 347 g/mol. The van der Waals surface area contributed by atoms with E-state index in [2.05, 4.69) is 15.4 Å². The summed E-state index contributed by atoms with van der Waals surface area (Å²) in [7, 11) is 0. The number of hydrogen-bond donors (Lipinski definition) is 0. The fourth-order valence-electron chi connectivity index (χ4n) is 2.07. The first kappa shape index (κ1) is 16.9. The van der Waals surface area contributed by atoms with Crippen LogP contribution >= 0.6 is 11.3 Å². The molecular formula is C16H13FN4O3S. The molecule has 0 fully saturated rings. The molecule has 3 aromatic rings. The van der Waals surface area contributed by atoms with E-state index < -0.39 is 23.7 Å². The van der Waals surface area contributed by atoms with Crippen LogP contribution in [0.2, 0.25) is 0 Å². The van der Waals surface area contributed by atoms with E-state index in [4.69, 9.17) is 4.74 Å². The van der Waals surface area contributed by atoms with Gasteiger partial charge in [-0.25, -0.2) is 9.18 Å². The third kappa shape index (κ3) is 4.13. The van der Waals surface area contributed by atoms with Crippen molar-refractivity contribution in [1.29, 1.82) is 0 Å². The van der Waals surface area contributed by atoms with Crippen LogP contribution in [0.3, 0.4) is 0 Å². The molecule has 0 bridgehead atoms. The minimum absolute atomic E-state index is 0.264. The molecule has 0 amide bonds. The lowest BCUT2D eigenvalue weighted by molar-refractivity contribution is -0.147. The van der Waals surface area contributed by atoms with Crippen LogP contribution in [-0.4, -0.2) is 38.1 Å². The number of nitrogens with zero attached hydrogens (tertiary/aromatic N) is 4. The first-order valence-electron chi connectivity index (χ1n) is 7.34. The average molecular weight is 360 g/mol. The molecule has 0 N–H and O–H groups in total. The number of hydrogen-bond acceptors (Lipinski definition) is 7. The highest BCUT2D eigenvalue weighted by Crippen LogP contribution is 2.19. The highest BCUT2D eigenvalue weighted by Gasteiger charge is 2.20. The van der Waals surface area contributed by atoms with Crippen LogP contribution in [0, 0.1) is 5.82 Å². The Labute approximate surface area is 146 Å². The number of tetrazole rings is 1. The summed E-state index contributed by atoms with van der Waals surface area (Å²) in [5.41, 5.74) is 0.264. The number of aromatic nitrogens is 4. The van der Waals surface area contributed by atoms with Crippen molar-refractivity contribution in [2.75, 3.05) is 0 Å². The van der Waals surface area contributed by atoms with Crippen LogP contribution in [-0.2, 0) is 16.1 Å². The fourth-order valence-corrected chi connectivity index (χ4v) is 2.71. The van der Waals surface area contributed by atoms with Crippen molar-refractivity contribution in [3.63, 3.8) is 0 Å². The summed E-state index contributed by atoms with van der Waals surface area (Å²) in [6.45, 7) is 1.19. The second-order valence-corrected chi connectivity index (χ2v) is 6.07. The highest BCUT2D eigenvalue weighted by molar-refractivity contribution is 7.13. The predicted molar refractivity (Wildman–Crippen MR) is 87.4 cm³/mol. The minimum atomic E-state index is -1.00. The van der Waals surface area contributed by atoms with Crippen molar-refractivity contribution in [3.8, 4) is 10.7 Å². The van der Waals surface area contributed by atoms with Crippen LogP contribution in [0.5, 0.6) is 0 Å². The lowest BCUT2D eigenvalue weighted by Gasteiger charge is -2.11. The maximum atomic E-state index is 12.9. The molecule has 0 aliphatic heterocycles. The Kier molecular flexibility index (Phi) is 4.94. The highest BCUT2D eigenvalue weighted by atomic mass is 32.1. The maximum absolute atomic E-state index is 12.9. The van der Waals surface area contributed by atoms with Crippen molar-refractivity contribution < 1.29 is 18.7 Å². The lowest BCUT2D eigenvalue weighted by atomic mass is 10.1. The van der Waals surface area contributed by atoms with Gasteiger partial charge in [-0.3, -0.25) is 4.79 Å². The van der Waals surface area contributed by atoms with Crippen molar-refractivity contribution in [3.05, 3.63) is 53.2 Å². The Morgan fingerprint density at radius 2 is 2.04 bits per heavy atom. The number of ketones is 1. The molecule has 25 heavy (non-hydrogen) atoms. The fraction of sp³-hybridized carbons (Fsp3) is 0.188. The van der Waals surface area contributed by atoms with Crippen LogP contribution in [0.1, 0.15) is 17.3 Å². The second-order valence-electron chi connectivity index (χ2n) is 5.12. The molecule has 2 aromatic heterocycles. The zero-order valence-electron chi connectivity index (χ0n) is 13.1. The normalized spacial score (nSPS) is 11.9. The van der Waals surface area contributed by atoms with Crippen LogP contribution in [0.4, 0.5) is 4.39 Å². The summed E-state index contributed by atoms with van der Waals surface area (Å²) in [4.78, 5) is 26.0. The number of rotatable bonds is 6. The van der Waals surface area contributed by atoms with Crippen molar-refractivity contribution in [2.45, 2.75) is 19.6 Å². The molecule has 7 nitrogen and oxygen atoms in total. The first-order chi connectivity index (χ1) is 12.0. The standard InChI is InChI=1S/C16H13FN4O3S/c1-10(15(23)11-4-6-12(17)7-5-11)24-14(22)9-21-19-16(18-20-21)13-3-2-8-25-13/h2-8,10H,9H2,1H3/t10-/m0/s1. The van der Waals surface area contributed by atoms with Crippen LogP contribution < -0.4 is 0 Å². The summed E-state index contributed by atoms with van der Waals surface area (Å²) in [6, 6.07) is 8.73. The molecule has 3 rings (SSSR count). The van der Waals surface area contributed by atoms with Gasteiger partial charge in [0.1, 0.15) is 5.82 Å². The minimum Gasteiger partial charge on any atom is -0.453 e. The van der Waals surface area contributed by atoms with Crippen LogP contribution in [0.15, 0.2) is 41.8 Å². The molecule has 0 saturated heterocycles. The molecule has 0 saturated carbocycles. The zero-order valence-corrected chi connectivity index (χ0v) is 13.9. The Morgan fingerprint density at radius 1 is 1.28 bits per heavy atom. The van der Waals surface area contributed by atoms with Gasteiger partial charge < -0.3 is 4.74 Å². The summed E-state index contributed by atoms with van der Waals surface area (Å²) >= 11 is 1.46. The predicted octanol–water partition coefficient (Wildman–Crippen LogP) is 2.36. The van der Waals surface area contributed by atoms with E-state index in [1.165, 1.54) is 42.5 Å². The molecule has 0 aliphatic carbocycles. The monoisotopic (exact) mass is 360 g/mol. The van der Waals surface area contributed by atoms with Crippen LogP contribution in [0.25, 0.3) is 10.7 Å². The lowest BCUT2D eigenvalue weighted by Crippen LogP contribution is -2.27. The van der Waals surface area contributed by atoms with Crippen molar-refractivity contribution in [2.24, 2.45) is 0 Å². The third-order valence-electron chi connectivity index (χ3n) is 3.27. The number of Topliss-reactive ketones (excluding diaryl/α,β-unsaturated/α-hetero) is 1. The number of ether oxygens (including phenoxy) is 1. The molecule has 0 aliphatic rings. The number of carbonyl (C=O) groups is 2. The summed E-state index contributed by atoms with van der Waals surface area (Å²) in [5.74, 6) is -1.12. The van der Waals surface area contributed by atoms with Gasteiger partial charge >= 0.3 is 5.97 Å². The van der Waals surface area contributed by atoms with E-state index >= 15 is 0 Å². The number of thiophene rings is 1. The van der Waals surface area contributed by atoms with E-state index in [0.717, 1.165) is 9.67 Å². The van der Waals surface area contributed by atoms with Gasteiger partial charge in [-0.05, 0) is 47.8 Å². The maximum Gasteiger partial charge on any atom is 0.330 e. The number of benzene rings is 1. The van der Waals surface area contributed by atoms with Gasteiger partial charge in [0.2, 0.25) is 11.6 Å². The topological polar surface area (TPSA) is 87.0 Å². The summed E-state index contributed by atoms with van der Waals surface area (Å²) in [5, 5.41) is 13.6. The first-order valence-corrected chi connectivity index (χ1v) is 8.22. The van der Waals surface area contributed by atoms with Gasteiger partial charge in [0.15, 0.2) is 12.6 Å².